The van der Waals surface area contributed by atoms with Gasteiger partial charge in [-0.3, -0.25) is 0 Å². The molecular formula is C17H16ClFN2O. The molecule has 5 heteroatoms. The first-order valence-corrected chi connectivity index (χ1v) is 7.34. The summed E-state index contributed by atoms with van der Waals surface area (Å²) >= 11 is 5.78. The van der Waals surface area contributed by atoms with Crippen LogP contribution in [0.3, 0.4) is 0 Å². The van der Waals surface area contributed by atoms with Crippen molar-refractivity contribution in [2.45, 2.75) is 26.0 Å². The van der Waals surface area contributed by atoms with Crippen LogP contribution >= 0.6 is 11.6 Å². The third-order valence-electron chi connectivity index (χ3n) is 3.42. The first kappa shape index (κ1) is 15.0. The van der Waals surface area contributed by atoms with Crippen molar-refractivity contribution >= 4 is 22.6 Å². The number of nitrogens with zero attached hydrogens (tertiary/aromatic N) is 2. The SMILES string of the molecule is CC(C)(O)Cn1cnc2cc(-c3ccc(Cl)cc3F)ccc21. The lowest BCUT2D eigenvalue weighted by Gasteiger charge is -2.18. The molecular weight excluding hydrogens is 303 g/mol. The second-order valence-electron chi connectivity index (χ2n) is 6.01. The molecule has 3 nitrogen and oxygen atoms in total. The summed E-state index contributed by atoms with van der Waals surface area (Å²) in [6.45, 7) is 3.94. The fraction of sp³-hybridized carbons (Fsp3) is 0.235. The largest absolute Gasteiger partial charge is 0.389 e. The minimum atomic E-state index is -0.825. The maximum Gasteiger partial charge on any atom is 0.132 e. The van der Waals surface area contributed by atoms with Crippen molar-refractivity contribution < 1.29 is 9.50 Å². The number of aromatic nitrogens is 2. The summed E-state index contributed by atoms with van der Waals surface area (Å²) in [5.41, 5.74) is 2.07. The topological polar surface area (TPSA) is 38.0 Å². The van der Waals surface area contributed by atoms with E-state index in [1.165, 1.54) is 6.07 Å². The molecule has 0 atom stereocenters. The van der Waals surface area contributed by atoms with Crippen molar-refractivity contribution in [3.63, 3.8) is 0 Å². The molecule has 22 heavy (non-hydrogen) atoms. The molecule has 2 aromatic carbocycles. The van der Waals surface area contributed by atoms with E-state index in [9.17, 15) is 9.50 Å². The molecule has 0 aliphatic carbocycles. The van der Waals surface area contributed by atoms with Crippen LogP contribution in [0.2, 0.25) is 5.02 Å². The van der Waals surface area contributed by atoms with Gasteiger partial charge in [0.25, 0.3) is 0 Å². The van der Waals surface area contributed by atoms with Gasteiger partial charge in [-0.2, -0.15) is 0 Å². The summed E-state index contributed by atoms with van der Waals surface area (Å²) in [4.78, 5) is 4.34. The first-order chi connectivity index (χ1) is 10.3. The highest BCUT2D eigenvalue weighted by Gasteiger charge is 2.15. The highest BCUT2D eigenvalue weighted by molar-refractivity contribution is 6.30. The summed E-state index contributed by atoms with van der Waals surface area (Å²) in [5, 5.41) is 10.3. The number of halogens is 2. The van der Waals surface area contributed by atoms with Crippen molar-refractivity contribution in [2.75, 3.05) is 0 Å². The maximum atomic E-state index is 14.0. The molecule has 1 N–H and O–H groups in total. The molecule has 0 unspecified atom stereocenters. The van der Waals surface area contributed by atoms with Crippen molar-refractivity contribution in [3.8, 4) is 11.1 Å². The first-order valence-electron chi connectivity index (χ1n) is 6.96. The molecule has 0 radical (unpaired) electrons. The molecule has 3 aromatic rings. The molecule has 0 aliphatic heterocycles. The van der Waals surface area contributed by atoms with E-state index in [2.05, 4.69) is 4.98 Å². The van der Waals surface area contributed by atoms with Gasteiger partial charge >= 0.3 is 0 Å². The fourth-order valence-electron chi connectivity index (χ4n) is 2.50. The molecule has 3 rings (SSSR count). The van der Waals surface area contributed by atoms with Crippen LogP contribution in [-0.2, 0) is 6.54 Å². The Bertz CT molecular complexity index is 836. The van der Waals surface area contributed by atoms with Crippen LogP contribution in [0.25, 0.3) is 22.2 Å². The second kappa shape index (κ2) is 5.38. The summed E-state index contributed by atoms with van der Waals surface area (Å²) in [7, 11) is 0. The van der Waals surface area contributed by atoms with Gasteiger partial charge in [-0.05, 0) is 49.7 Å². The maximum absolute atomic E-state index is 14.0. The number of aliphatic hydroxyl groups is 1. The van der Waals surface area contributed by atoms with E-state index in [1.54, 1.807) is 32.3 Å². The Morgan fingerprint density at radius 3 is 2.68 bits per heavy atom. The molecule has 0 saturated carbocycles. The molecule has 1 heterocycles. The van der Waals surface area contributed by atoms with Gasteiger partial charge in [-0.25, -0.2) is 9.37 Å². The second-order valence-corrected chi connectivity index (χ2v) is 6.45. The number of fused-ring (bicyclic) bond motifs is 1. The number of benzene rings is 2. The third-order valence-corrected chi connectivity index (χ3v) is 3.66. The quantitative estimate of drug-likeness (QED) is 0.783. The Morgan fingerprint density at radius 2 is 2.00 bits per heavy atom. The highest BCUT2D eigenvalue weighted by Crippen LogP contribution is 2.28. The van der Waals surface area contributed by atoms with Gasteiger partial charge in [-0.15, -0.1) is 0 Å². The highest BCUT2D eigenvalue weighted by atomic mass is 35.5. The van der Waals surface area contributed by atoms with Crippen LogP contribution in [0.4, 0.5) is 4.39 Å². The van der Waals surface area contributed by atoms with Crippen LogP contribution in [-0.4, -0.2) is 20.3 Å². The number of rotatable bonds is 3. The zero-order valence-corrected chi connectivity index (χ0v) is 13.1. The van der Waals surface area contributed by atoms with E-state index in [4.69, 9.17) is 11.6 Å². The predicted octanol–water partition coefficient (Wildman–Crippen LogP) is 4.27. The van der Waals surface area contributed by atoms with Crippen molar-refractivity contribution in [1.29, 1.82) is 0 Å². The standard InChI is InChI=1S/C17H16ClFN2O/c1-17(2,22)9-21-10-20-15-7-11(3-6-16(15)21)13-5-4-12(18)8-14(13)19/h3-8,10,22H,9H2,1-2H3. The minimum Gasteiger partial charge on any atom is -0.389 e. The summed E-state index contributed by atoms with van der Waals surface area (Å²) in [6, 6.07) is 10.2. The molecule has 0 bridgehead atoms. The Kier molecular flexibility index (Phi) is 3.67. The summed E-state index contributed by atoms with van der Waals surface area (Å²) in [6.07, 6.45) is 1.69. The zero-order valence-electron chi connectivity index (χ0n) is 12.3. The predicted molar refractivity (Wildman–Crippen MR) is 86.4 cm³/mol. The van der Waals surface area contributed by atoms with Gasteiger partial charge < -0.3 is 9.67 Å². The van der Waals surface area contributed by atoms with Gasteiger partial charge in [0, 0.05) is 10.6 Å². The Morgan fingerprint density at radius 1 is 1.23 bits per heavy atom. The van der Waals surface area contributed by atoms with Crippen molar-refractivity contribution in [1.82, 2.24) is 9.55 Å². The third kappa shape index (κ3) is 2.98. The molecule has 0 spiro atoms. The minimum absolute atomic E-state index is 0.359. The number of hydrogen-bond acceptors (Lipinski definition) is 2. The monoisotopic (exact) mass is 318 g/mol. The van der Waals surface area contributed by atoms with E-state index < -0.39 is 5.60 Å². The molecule has 0 amide bonds. The Labute approximate surface area is 133 Å². The van der Waals surface area contributed by atoms with Gasteiger partial charge in [0.1, 0.15) is 5.82 Å². The van der Waals surface area contributed by atoms with Gasteiger partial charge in [0.05, 0.1) is 29.5 Å². The fourth-order valence-corrected chi connectivity index (χ4v) is 2.66. The molecule has 0 aliphatic rings. The van der Waals surface area contributed by atoms with Gasteiger partial charge in [0.15, 0.2) is 0 Å². The van der Waals surface area contributed by atoms with Crippen LogP contribution < -0.4 is 0 Å². The number of imidazole rings is 1. The lowest BCUT2D eigenvalue weighted by atomic mass is 10.0. The van der Waals surface area contributed by atoms with Crippen LogP contribution in [0.1, 0.15) is 13.8 Å². The van der Waals surface area contributed by atoms with Crippen LogP contribution in [0.5, 0.6) is 0 Å². The van der Waals surface area contributed by atoms with E-state index >= 15 is 0 Å². The zero-order chi connectivity index (χ0) is 15.9. The Hall–Kier alpha value is -1.91. The van der Waals surface area contributed by atoms with E-state index in [-0.39, 0.29) is 5.82 Å². The normalized spacial score (nSPS) is 12.0. The number of hydrogen-bond donors (Lipinski definition) is 1. The molecule has 0 fully saturated rings. The lowest BCUT2D eigenvalue weighted by Crippen LogP contribution is -2.25. The van der Waals surface area contributed by atoms with Gasteiger partial charge in [0.2, 0.25) is 0 Å². The summed E-state index contributed by atoms with van der Waals surface area (Å²) in [5.74, 6) is -0.359. The van der Waals surface area contributed by atoms with Crippen molar-refractivity contribution in [3.05, 3.63) is 53.6 Å². The van der Waals surface area contributed by atoms with Gasteiger partial charge in [-0.1, -0.05) is 17.7 Å². The van der Waals surface area contributed by atoms with Crippen molar-refractivity contribution in [2.24, 2.45) is 0 Å². The van der Waals surface area contributed by atoms with E-state index in [0.717, 1.165) is 16.6 Å². The van der Waals surface area contributed by atoms with E-state index in [1.807, 2.05) is 22.8 Å². The molecule has 0 saturated heterocycles. The van der Waals surface area contributed by atoms with E-state index in [0.29, 0.717) is 17.1 Å². The average molecular weight is 319 g/mol. The van der Waals surface area contributed by atoms with Crippen LogP contribution in [0, 0.1) is 5.82 Å². The lowest BCUT2D eigenvalue weighted by molar-refractivity contribution is 0.0627. The summed E-state index contributed by atoms with van der Waals surface area (Å²) < 4.78 is 15.9. The average Bonchev–Trinajstić information content (AvgIpc) is 2.79. The molecule has 114 valence electrons. The van der Waals surface area contributed by atoms with Crippen LogP contribution in [0.15, 0.2) is 42.7 Å². The molecule has 1 aromatic heterocycles. The Balaban J connectivity index is 2.04. The smallest absolute Gasteiger partial charge is 0.132 e.